The Morgan fingerprint density at radius 1 is 1.24 bits per heavy atom. The van der Waals surface area contributed by atoms with E-state index in [2.05, 4.69) is 0 Å². The molecule has 0 saturated heterocycles. The van der Waals surface area contributed by atoms with E-state index in [4.69, 9.17) is 32.7 Å². The first-order valence-electron chi connectivity index (χ1n) is 6.19. The van der Waals surface area contributed by atoms with Gasteiger partial charge in [0.1, 0.15) is 0 Å². The summed E-state index contributed by atoms with van der Waals surface area (Å²) in [5.41, 5.74) is -0.427. The number of carbonyl (C=O) groups excluding carboxylic acids is 1. The third-order valence-electron chi connectivity index (χ3n) is 2.20. The highest BCUT2D eigenvalue weighted by Gasteiger charge is 2.15. The van der Waals surface area contributed by atoms with Crippen molar-refractivity contribution in [3.05, 3.63) is 37.9 Å². The molecule has 1 aromatic carbocycles. The van der Waals surface area contributed by atoms with E-state index in [-0.39, 0.29) is 27.6 Å². The van der Waals surface area contributed by atoms with E-state index in [0.717, 1.165) is 25.3 Å². The molecule has 0 amide bonds. The Bertz CT molecular complexity index is 476. The van der Waals surface area contributed by atoms with Gasteiger partial charge in [-0.25, -0.2) is 0 Å². The van der Waals surface area contributed by atoms with Crippen LogP contribution in [-0.4, -0.2) is 30.7 Å². The van der Waals surface area contributed by atoms with Gasteiger partial charge in [0, 0.05) is 19.3 Å². The van der Waals surface area contributed by atoms with Crippen molar-refractivity contribution in [1.82, 2.24) is 0 Å². The van der Waals surface area contributed by atoms with E-state index in [1.807, 2.05) is 20.8 Å². The summed E-state index contributed by atoms with van der Waals surface area (Å²) in [6, 6.07) is 2.21. The first-order valence-corrected chi connectivity index (χ1v) is 6.94. The maximum atomic E-state index is 10.4. The highest BCUT2D eigenvalue weighted by Crippen LogP contribution is 2.29. The van der Waals surface area contributed by atoms with E-state index < -0.39 is 4.92 Å². The molecule has 0 atom stereocenters. The molecule has 0 unspecified atom stereocenters. The summed E-state index contributed by atoms with van der Waals surface area (Å²) in [4.78, 5) is 20.1. The van der Waals surface area contributed by atoms with Crippen molar-refractivity contribution in [1.29, 1.82) is 0 Å². The molecule has 0 spiro atoms. The van der Waals surface area contributed by atoms with Crippen LogP contribution < -0.4 is 0 Å². The van der Waals surface area contributed by atoms with Gasteiger partial charge in [-0.3, -0.25) is 14.9 Å². The van der Waals surface area contributed by atoms with Crippen molar-refractivity contribution in [2.75, 3.05) is 13.2 Å². The van der Waals surface area contributed by atoms with Crippen LogP contribution in [0.3, 0.4) is 0 Å². The molecule has 0 bridgehead atoms. The Morgan fingerprint density at radius 3 is 2.10 bits per heavy atom. The van der Waals surface area contributed by atoms with E-state index >= 15 is 0 Å². The highest BCUT2D eigenvalue weighted by molar-refractivity contribution is 6.42. The van der Waals surface area contributed by atoms with Gasteiger partial charge in [0.25, 0.3) is 5.69 Å². The number of halogens is 2. The number of hydrogen-bond donors (Lipinski definition) is 0. The third kappa shape index (κ3) is 7.38. The van der Waals surface area contributed by atoms with Gasteiger partial charge in [0.05, 0.1) is 20.5 Å². The molecule has 1 rings (SSSR count). The van der Waals surface area contributed by atoms with Gasteiger partial charge in [0.2, 0.25) is 0 Å². The second-order valence-corrected chi connectivity index (χ2v) is 4.49. The summed E-state index contributed by atoms with van der Waals surface area (Å²) in [5.74, 6) is 0. The summed E-state index contributed by atoms with van der Waals surface area (Å²) < 4.78 is 10.1. The SMILES string of the molecule is CCOC(C)OCC.O=Cc1cc(Cl)c(Cl)cc1[N+](=O)[O-]. The van der Waals surface area contributed by atoms with Gasteiger partial charge in [-0.05, 0) is 26.8 Å². The Balaban J connectivity index is 0.000000433. The molecule has 0 aromatic heterocycles. The predicted molar refractivity (Wildman–Crippen MR) is 81.2 cm³/mol. The van der Waals surface area contributed by atoms with Crippen LogP contribution >= 0.6 is 23.2 Å². The average Bonchev–Trinajstić information content (AvgIpc) is 2.42. The van der Waals surface area contributed by atoms with Gasteiger partial charge in [0.15, 0.2) is 12.6 Å². The lowest BCUT2D eigenvalue weighted by atomic mass is 10.2. The van der Waals surface area contributed by atoms with E-state index in [1.165, 1.54) is 0 Å². The van der Waals surface area contributed by atoms with E-state index in [9.17, 15) is 14.9 Å². The minimum Gasteiger partial charge on any atom is -0.353 e. The van der Waals surface area contributed by atoms with Crippen molar-refractivity contribution in [3.8, 4) is 0 Å². The summed E-state index contributed by atoms with van der Waals surface area (Å²) in [6.45, 7) is 7.25. The fourth-order valence-corrected chi connectivity index (χ4v) is 1.65. The van der Waals surface area contributed by atoms with Crippen LogP contribution in [0.4, 0.5) is 5.69 Å². The molecule has 0 fully saturated rings. The standard InChI is InChI=1S/C7H3Cl2NO3.C6H14O2/c8-5-1-4(3-11)7(10(12)13)2-6(5)9;1-4-7-6(3)8-5-2/h1-3H;6H,4-5H2,1-3H3. The van der Waals surface area contributed by atoms with Gasteiger partial charge < -0.3 is 9.47 Å². The van der Waals surface area contributed by atoms with Crippen LogP contribution in [0, 0.1) is 10.1 Å². The van der Waals surface area contributed by atoms with Crippen molar-refractivity contribution in [2.24, 2.45) is 0 Å². The molecule has 0 aliphatic heterocycles. The average molecular weight is 338 g/mol. The number of nitro benzene ring substituents is 1. The predicted octanol–water partition coefficient (Wildman–Crippen LogP) is 4.12. The van der Waals surface area contributed by atoms with Gasteiger partial charge >= 0.3 is 0 Å². The zero-order valence-electron chi connectivity index (χ0n) is 12.0. The van der Waals surface area contributed by atoms with Crippen molar-refractivity contribution in [3.63, 3.8) is 0 Å². The summed E-state index contributed by atoms with van der Waals surface area (Å²) in [6.07, 6.45) is 0.324. The molecular weight excluding hydrogens is 321 g/mol. The number of rotatable bonds is 6. The first kappa shape index (κ1) is 19.8. The number of benzene rings is 1. The fraction of sp³-hybridized carbons (Fsp3) is 0.462. The number of hydrogen-bond acceptors (Lipinski definition) is 5. The lowest BCUT2D eigenvalue weighted by Crippen LogP contribution is -2.11. The number of carbonyl (C=O) groups is 1. The first-order chi connectivity index (χ1) is 9.87. The Kier molecular flexibility index (Phi) is 9.90. The molecule has 6 nitrogen and oxygen atoms in total. The molecule has 118 valence electrons. The number of aldehydes is 1. The highest BCUT2D eigenvalue weighted by atomic mass is 35.5. The lowest BCUT2D eigenvalue weighted by Gasteiger charge is -2.09. The van der Waals surface area contributed by atoms with Crippen LogP contribution in [-0.2, 0) is 9.47 Å². The quantitative estimate of drug-likeness (QED) is 0.337. The topological polar surface area (TPSA) is 78.7 Å². The Labute approximate surface area is 133 Å². The summed E-state index contributed by atoms with van der Waals surface area (Å²) in [5, 5.41) is 10.6. The fourth-order valence-electron chi connectivity index (χ4n) is 1.32. The molecule has 0 saturated carbocycles. The van der Waals surface area contributed by atoms with Crippen molar-refractivity contribution in [2.45, 2.75) is 27.1 Å². The second-order valence-electron chi connectivity index (χ2n) is 3.68. The maximum Gasteiger partial charge on any atom is 0.281 e. The molecule has 0 aliphatic carbocycles. The van der Waals surface area contributed by atoms with Gasteiger partial charge in [-0.2, -0.15) is 0 Å². The molecular formula is C13H17Cl2NO5. The minimum atomic E-state index is -0.689. The van der Waals surface area contributed by atoms with Crippen LogP contribution in [0.5, 0.6) is 0 Å². The third-order valence-corrected chi connectivity index (χ3v) is 2.92. The molecule has 21 heavy (non-hydrogen) atoms. The Hall–Kier alpha value is -1.21. The zero-order valence-corrected chi connectivity index (χ0v) is 13.5. The lowest BCUT2D eigenvalue weighted by molar-refractivity contribution is -0.385. The molecule has 0 radical (unpaired) electrons. The van der Waals surface area contributed by atoms with E-state index in [0.29, 0.717) is 6.29 Å². The zero-order chi connectivity index (χ0) is 16.4. The number of nitro groups is 1. The maximum absolute atomic E-state index is 10.4. The van der Waals surface area contributed by atoms with Crippen molar-refractivity contribution >= 4 is 35.2 Å². The van der Waals surface area contributed by atoms with Crippen LogP contribution in [0.2, 0.25) is 10.0 Å². The van der Waals surface area contributed by atoms with E-state index in [1.54, 1.807) is 0 Å². The Morgan fingerprint density at radius 2 is 1.71 bits per heavy atom. The van der Waals surface area contributed by atoms with Crippen LogP contribution in [0.1, 0.15) is 31.1 Å². The molecule has 8 heteroatoms. The van der Waals surface area contributed by atoms with Gasteiger partial charge in [-0.1, -0.05) is 23.2 Å². The summed E-state index contributed by atoms with van der Waals surface area (Å²) in [7, 11) is 0. The second kappa shape index (κ2) is 10.5. The van der Waals surface area contributed by atoms with Gasteiger partial charge in [-0.15, -0.1) is 0 Å². The van der Waals surface area contributed by atoms with Crippen LogP contribution in [0.15, 0.2) is 12.1 Å². The molecule has 0 aliphatic rings. The molecule has 0 heterocycles. The number of nitrogens with zero attached hydrogens (tertiary/aromatic N) is 1. The smallest absolute Gasteiger partial charge is 0.281 e. The number of ether oxygens (including phenoxy) is 2. The molecule has 0 N–H and O–H groups in total. The monoisotopic (exact) mass is 337 g/mol. The largest absolute Gasteiger partial charge is 0.353 e. The molecule has 1 aromatic rings. The normalized spacial score (nSPS) is 10.0. The van der Waals surface area contributed by atoms with Crippen LogP contribution in [0.25, 0.3) is 0 Å². The minimum absolute atomic E-state index is 0.0370. The summed E-state index contributed by atoms with van der Waals surface area (Å²) >= 11 is 11.1. The van der Waals surface area contributed by atoms with Crippen molar-refractivity contribution < 1.29 is 19.2 Å².